The van der Waals surface area contributed by atoms with Crippen LogP contribution in [0.1, 0.15) is 38.3 Å². The molecule has 0 spiro atoms. The first-order valence-electron chi connectivity index (χ1n) is 12.5. The number of nitrogens with zero attached hydrogens (tertiary/aromatic N) is 2. The van der Waals surface area contributed by atoms with Crippen molar-refractivity contribution in [2.24, 2.45) is 0 Å². The Morgan fingerprint density at radius 2 is 1.53 bits per heavy atom. The van der Waals surface area contributed by atoms with Gasteiger partial charge in [-0.2, -0.15) is 0 Å². The van der Waals surface area contributed by atoms with Crippen LogP contribution in [0.25, 0.3) is 0 Å². The summed E-state index contributed by atoms with van der Waals surface area (Å²) in [6.07, 6.45) is 0.738. The highest BCUT2D eigenvalue weighted by atomic mass is 35.5. The molecule has 0 unspecified atom stereocenters. The lowest BCUT2D eigenvalue weighted by Gasteiger charge is -2.33. The van der Waals surface area contributed by atoms with Crippen molar-refractivity contribution in [1.29, 1.82) is 0 Å². The summed E-state index contributed by atoms with van der Waals surface area (Å²) in [5.74, 6) is -0.820. The molecule has 2 amide bonds. The summed E-state index contributed by atoms with van der Waals surface area (Å²) in [6, 6.07) is 21.3. The van der Waals surface area contributed by atoms with E-state index in [4.69, 9.17) is 11.6 Å². The SMILES string of the molecule is CC[C@@H](C)NC(=O)[C@H](C)N(Cc1ccccc1)C(=O)CN(c1cccc(Cl)c1C)S(=O)(=O)c1ccccc1. The van der Waals surface area contributed by atoms with E-state index in [2.05, 4.69) is 5.32 Å². The van der Waals surface area contributed by atoms with Crippen LogP contribution in [-0.4, -0.2) is 43.8 Å². The predicted molar refractivity (Wildman–Crippen MR) is 152 cm³/mol. The maximum absolute atomic E-state index is 13.9. The number of benzene rings is 3. The average molecular weight is 556 g/mol. The molecular formula is C29H34ClN3O4S. The monoisotopic (exact) mass is 555 g/mol. The summed E-state index contributed by atoms with van der Waals surface area (Å²) in [6.45, 7) is 6.85. The molecule has 0 heterocycles. The van der Waals surface area contributed by atoms with Crippen molar-refractivity contribution in [3.63, 3.8) is 0 Å². The topological polar surface area (TPSA) is 86.8 Å². The second kappa shape index (κ2) is 12.9. The van der Waals surface area contributed by atoms with Crippen molar-refractivity contribution in [3.05, 3.63) is 95.0 Å². The normalized spacial score (nSPS) is 12.9. The Hall–Kier alpha value is -3.36. The number of anilines is 1. The fourth-order valence-electron chi connectivity index (χ4n) is 3.93. The van der Waals surface area contributed by atoms with Crippen LogP contribution < -0.4 is 9.62 Å². The van der Waals surface area contributed by atoms with E-state index < -0.39 is 28.5 Å². The van der Waals surface area contributed by atoms with Gasteiger partial charge < -0.3 is 10.2 Å². The summed E-state index contributed by atoms with van der Waals surface area (Å²) in [5.41, 5.74) is 1.64. The number of halogens is 1. The summed E-state index contributed by atoms with van der Waals surface area (Å²) >= 11 is 6.34. The van der Waals surface area contributed by atoms with E-state index in [0.717, 1.165) is 16.3 Å². The Kier molecular flexibility index (Phi) is 9.94. The molecule has 202 valence electrons. The zero-order chi connectivity index (χ0) is 27.9. The molecule has 38 heavy (non-hydrogen) atoms. The lowest BCUT2D eigenvalue weighted by molar-refractivity contribution is -0.139. The number of amides is 2. The molecule has 0 bridgehead atoms. The van der Waals surface area contributed by atoms with Crippen LogP contribution in [-0.2, 0) is 26.2 Å². The minimum absolute atomic E-state index is 0.0457. The highest BCUT2D eigenvalue weighted by Gasteiger charge is 2.33. The largest absolute Gasteiger partial charge is 0.352 e. The van der Waals surface area contributed by atoms with E-state index in [9.17, 15) is 18.0 Å². The molecule has 0 saturated carbocycles. The number of rotatable bonds is 11. The van der Waals surface area contributed by atoms with Gasteiger partial charge in [0.1, 0.15) is 12.6 Å². The van der Waals surface area contributed by atoms with Gasteiger partial charge >= 0.3 is 0 Å². The molecule has 1 N–H and O–H groups in total. The molecule has 0 aliphatic carbocycles. The predicted octanol–water partition coefficient (Wildman–Crippen LogP) is 5.18. The van der Waals surface area contributed by atoms with Gasteiger partial charge in [0, 0.05) is 17.6 Å². The van der Waals surface area contributed by atoms with E-state index in [-0.39, 0.29) is 23.4 Å². The van der Waals surface area contributed by atoms with Gasteiger partial charge in [0.05, 0.1) is 10.6 Å². The van der Waals surface area contributed by atoms with Crippen LogP contribution in [0.3, 0.4) is 0 Å². The third-order valence-corrected chi connectivity index (χ3v) is 8.67. The van der Waals surface area contributed by atoms with E-state index in [1.165, 1.54) is 17.0 Å². The summed E-state index contributed by atoms with van der Waals surface area (Å²) in [7, 11) is -4.14. The highest BCUT2D eigenvalue weighted by molar-refractivity contribution is 7.92. The van der Waals surface area contributed by atoms with Crippen LogP contribution in [0.5, 0.6) is 0 Å². The van der Waals surface area contributed by atoms with Crippen LogP contribution in [0, 0.1) is 6.92 Å². The highest BCUT2D eigenvalue weighted by Crippen LogP contribution is 2.31. The second-order valence-corrected chi connectivity index (χ2v) is 11.5. The van der Waals surface area contributed by atoms with E-state index in [1.807, 2.05) is 44.2 Å². The van der Waals surface area contributed by atoms with E-state index >= 15 is 0 Å². The van der Waals surface area contributed by atoms with Gasteiger partial charge in [-0.15, -0.1) is 0 Å². The third-order valence-electron chi connectivity index (χ3n) is 6.48. The number of hydrogen-bond donors (Lipinski definition) is 1. The Morgan fingerprint density at radius 1 is 0.921 bits per heavy atom. The number of carbonyl (C=O) groups excluding carboxylic acids is 2. The lowest BCUT2D eigenvalue weighted by atomic mass is 10.1. The Morgan fingerprint density at radius 3 is 2.13 bits per heavy atom. The molecule has 7 nitrogen and oxygen atoms in total. The standard InChI is InChI=1S/C29H34ClN3O4S/c1-5-21(2)31-29(35)23(4)32(19-24-13-8-6-9-14-24)28(34)20-33(27-18-12-17-26(30)22(27)3)38(36,37)25-15-10-7-11-16-25/h6-18,21,23H,5,19-20H2,1-4H3,(H,31,35)/t21-,23+/m1/s1. The Bertz CT molecular complexity index is 1350. The molecule has 9 heteroatoms. The third kappa shape index (κ3) is 6.94. The fraction of sp³-hybridized carbons (Fsp3) is 0.310. The molecule has 0 saturated heterocycles. The van der Waals surface area contributed by atoms with Gasteiger partial charge in [-0.3, -0.25) is 13.9 Å². The quantitative estimate of drug-likeness (QED) is 0.353. The van der Waals surface area contributed by atoms with Crippen molar-refractivity contribution in [1.82, 2.24) is 10.2 Å². The van der Waals surface area contributed by atoms with Crippen LogP contribution in [0.15, 0.2) is 83.8 Å². The van der Waals surface area contributed by atoms with Gasteiger partial charge in [0.15, 0.2) is 0 Å². The number of carbonyl (C=O) groups is 2. The van der Waals surface area contributed by atoms with Gasteiger partial charge in [-0.1, -0.05) is 73.1 Å². The molecule has 3 aromatic rings. The van der Waals surface area contributed by atoms with Crippen molar-refractivity contribution in [3.8, 4) is 0 Å². The first-order chi connectivity index (χ1) is 18.1. The first kappa shape index (κ1) is 29.2. The van der Waals surface area contributed by atoms with Gasteiger partial charge in [0.2, 0.25) is 11.8 Å². The molecular weight excluding hydrogens is 522 g/mol. The molecule has 3 aromatic carbocycles. The van der Waals surface area contributed by atoms with Crippen LogP contribution in [0.2, 0.25) is 5.02 Å². The fourth-order valence-corrected chi connectivity index (χ4v) is 5.59. The zero-order valence-electron chi connectivity index (χ0n) is 22.1. The maximum Gasteiger partial charge on any atom is 0.264 e. The minimum Gasteiger partial charge on any atom is -0.352 e. The number of hydrogen-bond acceptors (Lipinski definition) is 4. The van der Waals surface area contributed by atoms with Gasteiger partial charge in [-0.25, -0.2) is 8.42 Å². The van der Waals surface area contributed by atoms with E-state index in [1.54, 1.807) is 50.2 Å². The molecule has 0 aromatic heterocycles. The zero-order valence-corrected chi connectivity index (χ0v) is 23.7. The smallest absolute Gasteiger partial charge is 0.264 e. The molecule has 2 atom stereocenters. The Labute approximate surface area is 230 Å². The average Bonchev–Trinajstić information content (AvgIpc) is 2.92. The van der Waals surface area contributed by atoms with Crippen molar-refractivity contribution >= 4 is 39.1 Å². The van der Waals surface area contributed by atoms with Gasteiger partial charge in [0.25, 0.3) is 10.0 Å². The van der Waals surface area contributed by atoms with Crippen molar-refractivity contribution < 1.29 is 18.0 Å². The first-order valence-corrected chi connectivity index (χ1v) is 14.3. The van der Waals surface area contributed by atoms with E-state index in [0.29, 0.717) is 16.3 Å². The Balaban J connectivity index is 2.04. The number of nitrogens with one attached hydrogen (secondary N) is 1. The molecule has 0 radical (unpaired) electrons. The second-order valence-electron chi connectivity index (χ2n) is 9.21. The number of sulfonamides is 1. The molecule has 0 aliphatic rings. The lowest BCUT2D eigenvalue weighted by Crippen LogP contribution is -2.52. The van der Waals surface area contributed by atoms with Gasteiger partial charge in [-0.05, 0) is 62.6 Å². The summed E-state index contributed by atoms with van der Waals surface area (Å²) < 4.78 is 28.7. The van der Waals surface area contributed by atoms with Crippen LogP contribution >= 0.6 is 11.6 Å². The molecule has 3 rings (SSSR count). The minimum atomic E-state index is -4.14. The molecule has 0 fully saturated rings. The van der Waals surface area contributed by atoms with Crippen LogP contribution in [0.4, 0.5) is 5.69 Å². The maximum atomic E-state index is 13.9. The molecule has 0 aliphatic heterocycles. The summed E-state index contributed by atoms with van der Waals surface area (Å²) in [4.78, 5) is 28.4. The van der Waals surface area contributed by atoms with Crippen molar-refractivity contribution in [2.75, 3.05) is 10.8 Å². The summed E-state index contributed by atoms with van der Waals surface area (Å²) in [5, 5.41) is 3.31. The van der Waals surface area contributed by atoms with Crippen molar-refractivity contribution in [2.45, 2.75) is 57.6 Å².